The second-order valence-corrected chi connectivity index (χ2v) is 22.7. The minimum absolute atomic E-state index is 0.00802. The molecule has 0 radical (unpaired) electrons. The molecule has 0 aromatic carbocycles. The Hall–Kier alpha value is -3.52. The Morgan fingerprint density at radius 1 is 0.651 bits per heavy atom. The van der Waals surface area contributed by atoms with Crippen LogP contribution in [0.25, 0.3) is 0 Å². The molecule has 0 spiro atoms. The molecule has 2 saturated heterocycles. The maximum atomic E-state index is 13.4. The molecule has 2 aliphatic heterocycles. The van der Waals surface area contributed by atoms with Crippen LogP contribution in [0.3, 0.4) is 0 Å². The van der Waals surface area contributed by atoms with Gasteiger partial charge in [0.2, 0.25) is 0 Å². The number of nitrogens with one attached hydrogen (secondary N) is 2. The normalized spacial score (nSPS) is 33.3. The first-order valence-electron chi connectivity index (χ1n) is 24.4. The van der Waals surface area contributed by atoms with E-state index in [4.69, 9.17) is 15.1 Å². The number of hydrogen-bond donors (Lipinski definition) is 4. The fourth-order valence-corrected chi connectivity index (χ4v) is 15.4. The molecule has 2 amide bonds. The largest absolute Gasteiger partial charge is 0.481 e. The first-order valence-corrected chi connectivity index (χ1v) is 26.4. The van der Waals surface area contributed by atoms with Gasteiger partial charge in [-0.2, -0.15) is 0 Å². The molecule has 10 fully saturated rings. The number of aromatic nitrogens is 2. The molecular formula is C49H68N6O6S2. The van der Waals surface area contributed by atoms with Crippen LogP contribution >= 0.6 is 23.5 Å². The second-order valence-electron chi connectivity index (χ2n) is 20.5. The highest BCUT2D eigenvalue weighted by Gasteiger charge is 2.50. The van der Waals surface area contributed by atoms with Crippen LogP contribution in [0.4, 0.5) is 11.6 Å². The molecule has 2 atom stereocenters. The summed E-state index contributed by atoms with van der Waals surface area (Å²) in [5.41, 5.74) is 1.34. The lowest BCUT2D eigenvalue weighted by Crippen LogP contribution is -2.55. The van der Waals surface area contributed by atoms with Crippen molar-refractivity contribution in [2.75, 3.05) is 40.9 Å². The Morgan fingerprint density at radius 3 is 1.59 bits per heavy atom. The van der Waals surface area contributed by atoms with Crippen molar-refractivity contribution in [3.8, 4) is 0 Å². The highest BCUT2D eigenvalue weighted by Crippen LogP contribution is 2.55. The zero-order valence-electron chi connectivity index (χ0n) is 37.2. The minimum atomic E-state index is -0.800. The lowest BCUT2D eigenvalue weighted by Gasteiger charge is -2.54. The van der Waals surface area contributed by atoms with E-state index in [1.54, 1.807) is 23.5 Å². The molecule has 2 aromatic heterocycles. The zero-order valence-corrected chi connectivity index (χ0v) is 38.9. The molecule has 0 unspecified atom stereocenters. The van der Waals surface area contributed by atoms with E-state index >= 15 is 0 Å². The first-order chi connectivity index (χ1) is 30.5. The molecule has 342 valence electrons. The van der Waals surface area contributed by atoms with Crippen molar-refractivity contribution in [1.82, 2.24) is 20.6 Å². The summed E-state index contributed by atoms with van der Waals surface area (Å²) in [6, 6.07) is 7.70. The quantitative estimate of drug-likeness (QED) is 0.126. The number of nitrogens with zero attached hydrogens (tertiary/aromatic N) is 4. The minimum Gasteiger partial charge on any atom is -0.481 e. The van der Waals surface area contributed by atoms with Gasteiger partial charge in [0.1, 0.15) is 27.7 Å². The molecule has 4 N–H and O–H groups in total. The van der Waals surface area contributed by atoms with Crippen LogP contribution in [0.2, 0.25) is 0 Å². The maximum absolute atomic E-state index is 13.4. The van der Waals surface area contributed by atoms with Crippen molar-refractivity contribution in [2.24, 2.45) is 53.3 Å². The summed E-state index contributed by atoms with van der Waals surface area (Å²) in [5.74, 6) is 8.16. The van der Waals surface area contributed by atoms with Gasteiger partial charge in [-0.25, -0.2) is 14.8 Å². The van der Waals surface area contributed by atoms with Gasteiger partial charge in [0.05, 0.1) is 11.1 Å². The Kier molecular flexibility index (Phi) is 13.8. The van der Waals surface area contributed by atoms with E-state index in [-0.39, 0.29) is 24.2 Å². The number of rotatable bonds is 15. The van der Waals surface area contributed by atoms with Crippen LogP contribution in [0.15, 0.2) is 34.3 Å². The van der Waals surface area contributed by atoms with Gasteiger partial charge in [-0.15, -0.1) is 23.5 Å². The molecule has 2 aromatic rings. The Balaban J connectivity index is 0.000000160. The third-order valence-electron chi connectivity index (χ3n) is 16.0. The first kappa shape index (κ1) is 44.7. The summed E-state index contributed by atoms with van der Waals surface area (Å²) in [4.78, 5) is 63.2. The summed E-state index contributed by atoms with van der Waals surface area (Å²) in [7, 11) is 0. The highest BCUT2D eigenvalue weighted by molar-refractivity contribution is 7.99. The highest BCUT2D eigenvalue weighted by atomic mass is 32.2. The predicted octanol–water partition coefficient (Wildman–Crippen LogP) is 8.63. The van der Waals surface area contributed by atoms with E-state index in [2.05, 4.69) is 29.4 Å². The molecule has 14 heteroatoms. The SMILES string of the molecule is CCCSc1nc(N2CCC[C@H]2C(=O)O)ccc1C(=O)NC1C2CC3CC(C2)CC1C3.CCCSc1nc(N2CC[C@H](CC(=O)O)C2)ccc1C(=O)NC1C2CC3CC(C2)CC1C3. The lowest BCUT2D eigenvalue weighted by atomic mass is 9.54. The molecular weight excluding hydrogens is 833 g/mol. The fraction of sp³-hybridized carbons (Fsp3) is 0.714. The number of amides is 2. The van der Waals surface area contributed by atoms with Crippen molar-refractivity contribution >= 4 is 58.9 Å². The summed E-state index contributed by atoms with van der Waals surface area (Å²) in [5, 5.41) is 27.0. The number of hydrogen-bond acceptors (Lipinski definition) is 10. The average Bonchev–Trinajstić information content (AvgIpc) is 3.95. The van der Waals surface area contributed by atoms with Gasteiger partial charge in [0.25, 0.3) is 11.8 Å². The molecule has 8 aliphatic carbocycles. The van der Waals surface area contributed by atoms with E-state index in [0.29, 0.717) is 65.7 Å². The van der Waals surface area contributed by atoms with Crippen LogP contribution in [0, 0.1) is 53.3 Å². The summed E-state index contributed by atoms with van der Waals surface area (Å²) in [6.07, 6.45) is 17.7. The average molecular weight is 901 g/mol. The van der Waals surface area contributed by atoms with E-state index in [1.807, 2.05) is 29.2 Å². The summed E-state index contributed by atoms with van der Waals surface area (Å²) >= 11 is 3.26. The van der Waals surface area contributed by atoms with Gasteiger partial charge in [0.15, 0.2) is 0 Å². The van der Waals surface area contributed by atoms with Gasteiger partial charge < -0.3 is 30.6 Å². The third-order valence-corrected chi connectivity index (χ3v) is 18.4. The number of carbonyl (C=O) groups is 4. The second kappa shape index (κ2) is 19.5. The van der Waals surface area contributed by atoms with Gasteiger partial charge in [-0.1, -0.05) is 13.8 Å². The topological polar surface area (TPSA) is 165 Å². The van der Waals surface area contributed by atoms with E-state index in [9.17, 15) is 24.3 Å². The summed E-state index contributed by atoms with van der Waals surface area (Å²) in [6.45, 7) is 6.49. The Morgan fingerprint density at radius 2 is 1.13 bits per heavy atom. The predicted molar refractivity (Wildman–Crippen MR) is 248 cm³/mol. The van der Waals surface area contributed by atoms with Crippen molar-refractivity contribution < 1.29 is 29.4 Å². The molecule has 63 heavy (non-hydrogen) atoms. The number of aliphatic carboxylic acids is 2. The monoisotopic (exact) mass is 900 g/mol. The Bertz CT molecular complexity index is 1960. The summed E-state index contributed by atoms with van der Waals surface area (Å²) < 4.78 is 0. The number of anilines is 2. The Labute approximate surface area is 381 Å². The van der Waals surface area contributed by atoms with Gasteiger partial charge >= 0.3 is 11.9 Å². The molecule has 12 rings (SSSR count). The van der Waals surface area contributed by atoms with Crippen LogP contribution in [0.5, 0.6) is 0 Å². The molecule has 8 bridgehead atoms. The van der Waals surface area contributed by atoms with E-state index in [0.717, 1.165) is 89.8 Å². The fourth-order valence-electron chi connectivity index (χ4n) is 13.7. The van der Waals surface area contributed by atoms with Crippen LogP contribution < -0.4 is 20.4 Å². The van der Waals surface area contributed by atoms with Crippen molar-refractivity contribution in [3.05, 3.63) is 35.4 Å². The van der Waals surface area contributed by atoms with Crippen molar-refractivity contribution in [1.29, 1.82) is 0 Å². The van der Waals surface area contributed by atoms with Gasteiger partial charge in [-0.05, 0) is 185 Å². The van der Waals surface area contributed by atoms with Gasteiger partial charge in [-0.3, -0.25) is 14.4 Å². The van der Waals surface area contributed by atoms with Crippen molar-refractivity contribution in [3.63, 3.8) is 0 Å². The number of pyridine rings is 2. The molecule has 10 aliphatic rings. The molecule has 4 heterocycles. The maximum Gasteiger partial charge on any atom is 0.326 e. The number of carbonyl (C=O) groups excluding carboxylic acids is 2. The van der Waals surface area contributed by atoms with Crippen LogP contribution in [0.1, 0.15) is 137 Å². The smallest absolute Gasteiger partial charge is 0.326 e. The van der Waals surface area contributed by atoms with E-state index < -0.39 is 18.0 Å². The van der Waals surface area contributed by atoms with E-state index in [1.165, 1.54) is 64.2 Å². The van der Waals surface area contributed by atoms with Gasteiger partial charge in [0, 0.05) is 38.1 Å². The number of carboxylic acids is 2. The lowest BCUT2D eigenvalue weighted by molar-refractivity contribution is -0.139. The number of carboxylic acid groups (broad SMARTS) is 2. The molecule has 8 saturated carbocycles. The standard InChI is InChI=1S/C25H35N3O3S.C24H33N3O3S/c1-2-7-32-25-20(3-4-21(26-25)28-6-5-15(14-28)13-22(29)30)24(31)27-23-18-9-16-8-17(11-18)12-19(23)10-16;1-2-8-31-23-18(5-6-20(25-23)27-7-3-4-19(27)24(29)30)22(28)26-21-16-10-14-9-15(12-16)13-17(21)11-14/h3-4,15-19,23H,2,5-14H2,1H3,(H,27,31)(H,29,30);5-6,14-17,19,21H,2-4,7-13H2,1H3,(H,26,28)(H,29,30)/t15-,16?,17?,18?,19?,23?;14?,15?,16?,17?,19-,21?/m10/s1. The van der Waals surface area contributed by atoms with Crippen LogP contribution in [-0.2, 0) is 9.59 Å². The molecule has 12 nitrogen and oxygen atoms in total. The number of thioether (sulfide) groups is 2. The van der Waals surface area contributed by atoms with Crippen molar-refractivity contribution in [2.45, 2.75) is 145 Å². The van der Waals surface area contributed by atoms with Crippen LogP contribution in [-0.4, -0.2) is 93.2 Å². The third kappa shape index (κ3) is 9.87. The zero-order chi connectivity index (χ0) is 43.8.